The molecule has 0 fully saturated rings. The lowest BCUT2D eigenvalue weighted by molar-refractivity contribution is 0.0992. The summed E-state index contributed by atoms with van der Waals surface area (Å²) >= 11 is 5.05. The van der Waals surface area contributed by atoms with Gasteiger partial charge in [-0.3, -0.25) is 4.79 Å². The molecule has 0 atom stereocenters. The van der Waals surface area contributed by atoms with Crippen LogP contribution in [0.1, 0.15) is 20.9 Å². The molecule has 0 aliphatic rings. The number of aromatic nitrogens is 1. The largest absolute Gasteiger partial charge is 0.294 e. The average Bonchev–Trinajstić information content (AvgIpc) is 2.83. The Balaban J connectivity index is 1.90. The van der Waals surface area contributed by atoms with Gasteiger partial charge in [0.1, 0.15) is 5.01 Å². The molecule has 0 amide bonds. The van der Waals surface area contributed by atoms with E-state index in [0.717, 1.165) is 30.8 Å². The third-order valence-electron chi connectivity index (χ3n) is 3.22. The number of halogens is 1. The molecule has 0 unspecified atom stereocenters. The van der Waals surface area contributed by atoms with E-state index in [0.29, 0.717) is 6.42 Å². The minimum absolute atomic E-state index is 0.114. The van der Waals surface area contributed by atoms with Gasteiger partial charge in [-0.1, -0.05) is 40.2 Å². The molecule has 0 bridgehead atoms. The lowest BCUT2D eigenvalue weighted by atomic mass is 10.0. The molecule has 2 aromatic carbocycles. The Hall–Kier alpha value is -1.52. The maximum Gasteiger partial charge on any atom is 0.169 e. The Kier molecular flexibility index (Phi) is 3.68. The van der Waals surface area contributed by atoms with E-state index >= 15 is 0 Å². The number of hydrogen-bond acceptors (Lipinski definition) is 3. The first-order valence-corrected chi connectivity index (χ1v) is 7.89. The second kappa shape index (κ2) is 5.46. The Labute approximate surface area is 129 Å². The second-order valence-electron chi connectivity index (χ2n) is 4.59. The van der Waals surface area contributed by atoms with Crippen molar-refractivity contribution in [2.24, 2.45) is 0 Å². The maximum atomic E-state index is 12.4. The highest BCUT2D eigenvalue weighted by atomic mass is 79.9. The van der Waals surface area contributed by atoms with Crippen LogP contribution in [-0.4, -0.2) is 10.8 Å². The summed E-state index contributed by atoms with van der Waals surface area (Å²) in [7, 11) is 0. The molecule has 0 aliphatic heterocycles. The molecule has 0 N–H and O–H groups in total. The van der Waals surface area contributed by atoms with Crippen molar-refractivity contribution in [3.8, 4) is 0 Å². The predicted octanol–water partition coefficient (Wildman–Crippen LogP) is 4.79. The highest BCUT2D eigenvalue weighted by Gasteiger charge is 2.14. The SMILES string of the molecule is Cc1c(Br)cccc1C(=O)Cc1nc2ccccc2s1. The number of nitrogens with zero attached hydrogens (tertiary/aromatic N) is 1. The van der Waals surface area contributed by atoms with Gasteiger partial charge in [0.15, 0.2) is 5.78 Å². The summed E-state index contributed by atoms with van der Waals surface area (Å²) in [5, 5.41) is 0.871. The predicted molar refractivity (Wildman–Crippen MR) is 86.5 cm³/mol. The van der Waals surface area contributed by atoms with Gasteiger partial charge in [-0.05, 0) is 30.7 Å². The number of Topliss-reactive ketones (excluding diaryl/α,β-unsaturated/α-hetero) is 1. The Morgan fingerprint density at radius 1 is 1.20 bits per heavy atom. The van der Waals surface area contributed by atoms with Gasteiger partial charge in [0, 0.05) is 10.0 Å². The molecule has 2 nitrogen and oxygen atoms in total. The van der Waals surface area contributed by atoms with Crippen LogP contribution in [0, 0.1) is 6.92 Å². The molecular weight excluding hydrogens is 334 g/mol. The van der Waals surface area contributed by atoms with Crippen molar-refractivity contribution in [1.82, 2.24) is 4.98 Å². The average molecular weight is 346 g/mol. The Morgan fingerprint density at radius 3 is 2.80 bits per heavy atom. The molecule has 4 heteroatoms. The maximum absolute atomic E-state index is 12.4. The number of ketones is 1. The highest BCUT2D eigenvalue weighted by Crippen LogP contribution is 2.24. The van der Waals surface area contributed by atoms with E-state index in [-0.39, 0.29) is 5.78 Å². The molecular formula is C16H12BrNOS. The topological polar surface area (TPSA) is 30.0 Å². The van der Waals surface area contributed by atoms with Crippen LogP contribution < -0.4 is 0 Å². The number of carbonyl (C=O) groups is 1. The van der Waals surface area contributed by atoms with E-state index < -0.39 is 0 Å². The van der Waals surface area contributed by atoms with Gasteiger partial charge >= 0.3 is 0 Å². The van der Waals surface area contributed by atoms with Crippen molar-refractivity contribution in [3.05, 3.63) is 63.1 Å². The van der Waals surface area contributed by atoms with E-state index in [2.05, 4.69) is 20.9 Å². The fraction of sp³-hybridized carbons (Fsp3) is 0.125. The van der Waals surface area contributed by atoms with Crippen LogP contribution in [0.2, 0.25) is 0 Å². The monoisotopic (exact) mass is 345 g/mol. The number of hydrogen-bond donors (Lipinski definition) is 0. The number of thiazole rings is 1. The first-order chi connectivity index (χ1) is 9.65. The molecule has 0 saturated carbocycles. The van der Waals surface area contributed by atoms with Crippen LogP contribution in [0.5, 0.6) is 0 Å². The molecule has 0 radical (unpaired) electrons. The lowest BCUT2D eigenvalue weighted by Crippen LogP contribution is -2.05. The zero-order valence-corrected chi connectivity index (χ0v) is 13.3. The van der Waals surface area contributed by atoms with Crippen LogP contribution in [0.4, 0.5) is 0 Å². The van der Waals surface area contributed by atoms with E-state index in [1.807, 2.05) is 49.4 Å². The van der Waals surface area contributed by atoms with E-state index in [4.69, 9.17) is 0 Å². The van der Waals surface area contributed by atoms with Crippen LogP contribution in [0.15, 0.2) is 46.9 Å². The van der Waals surface area contributed by atoms with Crippen LogP contribution >= 0.6 is 27.3 Å². The van der Waals surface area contributed by atoms with Crippen molar-refractivity contribution in [2.75, 3.05) is 0 Å². The van der Waals surface area contributed by atoms with Gasteiger partial charge in [-0.25, -0.2) is 4.98 Å². The van der Waals surface area contributed by atoms with Crippen LogP contribution in [0.25, 0.3) is 10.2 Å². The van der Waals surface area contributed by atoms with Crippen LogP contribution in [-0.2, 0) is 6.42 Å². The minimum atomic E-state index is 0.114. The van der Waals surface area contributed by atoms with E-state index in [1.54, 1.807) is 11.3 Å². The number of carbonyl (C=O) groups excluding carboxylic acids is 1. The van der Waals surface area contributed by atoms with Crippen molar-refractivity contribution >= 4 is 43.3 Å². The standard InChI is InChI=1S/C16H12BrNOS/c1-10-11(5-4-6-12(10)17)14(19)9-16-18-13-7-2-3-8-15(13)20-16/h2-8H,9H2,1H3. The number of fused-ring (bicyclic) bond motifs is 1. The van der Waals surface area contributed by atoms with Gasteiger partial charge in [0.05, 0.1) is 16.6 Å². The molecule has 1 aromatic heterocycles. The zero-order valence-electron chi connectivity index (χ0n) is 10.9. The first kappa shape index (κ1) is 13.5. The second-order valence-corrected chi connectivity index (χ2v) is 6.56. The van der Waals surface area contributed by atoms with Crippen LogP contribution in [0.3, 0.4) is 0 Å². The molecule has 3 rings (SSSR count). The third-order valence-corrected chi connectivity index (χ3v) is 5.11. The third kappa shape index (κ3) is 2.53. The minimum Gasteiger partial charge on any atom is -0.294 e. The fourth-order valence-corrected chi connectivity index (χ4v) is 3.47. The molecule has 100 valence electrons. The number of rotatable bonds is 3. The molecule has 0 saturated heterocycles. The fourth-order valence-electron chi connectivity index (χ4n) is 2.14. The van der Waals surface area contributed by atoms with Gasteiger partial charge < -0.3 is 0 Å². The van der Waals surface area contributed by atoms with E-state index in [9.17, 15) is 4.79 Å². The molecule has 0 spiro atoms. The van der Waals surface area contributed by atoms with Crippen molar-refractivity contribution in [2.45, 2.75) is 13.3 Å². The van der Waals surface area contributed by atoms with Gasteiger partial charge in [0.25, 0.3) is 0 Å². The smallest absolute Gasteiger partial charge is 0.169 e. The molecule has 0 aliphatic carbocycles. The van der Waals surface area contributed by atoms with Crippen molar-refractivity contribution in [1.29, 1.82) is 0 Å². The van der Waals surface area contributed by atoms with E-state index in [1.165, 1.54) is 0 Å². The normalized spacial score (nSPS) is 10.9. The Bertz CT molecular complexity index is 761. The number of benzene rings is 2. The zero-order chi connectivity index (χ0) is 14.1. The Morgan fingerprint density at radius 2 is 2.00 bits per heavy atom. The molecule has 3 aromatic rings. The van der Waals surface area contributed by atoms with Gasteiger partial charge in [-0.15, -0.1) is 11.3 Å². The summed E-state index contributed by atoms with van der Waals surface area (Å²) in [6, 6.07) is 13.7. The summed E-state index contributed by atoms with van der Waals surface area (Å²) in [6.07, 6.45) is 0.358. The molecule has 20 heavy (non-hydrogen) atoms. The highest BCUT2D eigenvalue weighted by molar-refractivity contribution is 9.10. The number of para-hydroxylation sites is 1. The van der Waals surface area contributed by atoms with Crippen molar-refractivity contribution in [3.63, 3.8) is 0 Å². The first-order valence-electron chi connectivity index (χ1n) is 6.28. The lowest BCUT2D eigenvalue weighted by Gasteiger charge is -2.05. The van der Waals surface area contributed by atoms with Gasteiger partial charge in [0.2, 0.25) is 0 Å². The summed E-state index contributed by atoms with van der Waals surface area (Å²) in [4.78, 5) is 16.9. The summed E-state index contributed by atoms with van der Waals surface area (Å²) in [5.74, 6) is 0.114. The van der Waals surface area contributed by atoms with Crippen molar-refractivity contribution < 1.29 is 4.79 Å². The van der Waals surface area contributed by atoms with Gasteiger partial charge in [-0.2, -0.15) is 0 Å². The summed E-state index contributed by atoms with van der Waals surface area (Å²) < 4.78 is 2.09. The quantitative estimate of drug-likeness (QED) is 0.638. The summed E-state index contributed by atoms with van der Waals surface area (Å²) in [6.45, 7) is 1.95. The summed E-state index contributed by atoms with van der Waals surface area (Å²) in [5.41, 5.74) is 2.71. The molecule has 1 heterocycles.